The van der Waals surface area contributed by atoms with Gasteiger partial charge in [-0.25, -0.2) is 4.90 Å². The van der Waals surface area contributed by atoms with Gasteiger partial charge >= 0.3 is 0 Å². The van der Waals surface area contributed by atoms with Crippen molar-refractivity contribution in [3.05, 3.63) is 24.3 Å². The molecule has 0 spiro atoms. The van der Waals surface area contributed by atoms with E-state index in [0.29, 0.717) is 38.5 Å². The van der Waals surface area contributed by atoms with Gasteiger partial charge in [-0.05, 0) is 30.7 Å². The topological polar surface area (TPSA) is 70.2 Å². The molecular weight excluding hydrogens is 358 g/mol. The normalized spacial score (nSPS) is 20.7. The van der Waals surface area contributed by atoms with Crippen LogP contribution in [0, 0.1) is 0 Å². The van der Waals surface area contributed by atoms with Gasteiger partial charge in [-0.2, -0.15) is 0 Å². The predicted octanol–water partition coefficient (Wildman–Crippen LogP) is 2.05. The Morgan fingerprint density at radius 1 is 1.04 bits per heavy atom. The molecule has 152 valence electrons. The Labute approximate surface area is 166 Å². The maximum atomic E-state index is 12.9. The van der Waals surface area contributed by atoms with Crippen molar-refractivity contribution < 1.29 is 19.1 Å². The summed E-state index contributed by atoms with van der Waals surface area (Å²) >= 11 is 0. The summed E-state index contributed by atoms with van der Waals surface area (Å²) in [6.07, 6.45) is 5.62. The van der Waals surface area contributed by atoms with Gasteiger partial charge in [0.2, 0.25) is 12.3 Å². The van der Waals surface area contributed by atoms with E-state index in [1.165, 1.54) is 17.7 Å². The number of rotatable bonds is 9. The van der Waals surface area contributed by atoms with E-state index in [2.05, 4.69) is 6.92 Å². The SMILES string of the molecule is CCCCCCOc1ccc(N2C(=O)C[C@H](N3CCN(C=O)CC3)C2=O)cc1. The highest BCUT2D eigenvalue weighted by atomic mass is 16.5. The smallest absolute Gasteiger partial charge is 0.251 e. The number of benzene rings is 1. The monoisotopic (exact) mass is 387 g/mol. The zero-order valence-electron chi connectivity index (χ0n) is 16.5. The maximum absolute atomic E-state index is 12.9. The van der Waals surface area contributed by atoms with Crippen LogP contribution in [0.2, 0.25) is 0 Å². The molecule has 0 N–H and O–H groups in total. The third kappa shape index (κ3) is 4.70. The van der Waals surface area contributed by atoms with Crippen molar-refractivity contribution in [2.45, 2.75) is 45.1 Å². The highest BCUT2D eigenvalue weighted by molar-refractivity contribution is 6.22. The molecule has 0 aromatic heterocycles. The molecule has 2 aliphatic rings. The van der Waals surface area contributed by atoms with E-state index in [0.717, 1.165) is 25.0 Å². The van der Waals surface area contributed by atoms with Crippen LogP contribution in [-0.2, 0) is 14.4 Å². The van der Waals surface area contributed by atoms with Gasteiger partial charge in [-0.3, -0.25) is 19.3 Å². The largest absolute Gasteiger partial charge is 0.494 e. The van der Waals surface area contributed by atoms with Crippen LogP contribution in [0.25, 0.3) is 0 Å². The summed E-state index contributed by atoms with van der Waals surface area (Å²) in [6, 6.07) is 6.72. The van der Waals surface area contributed by atoms with E-state index in [4.69, 9.17) is 4.74 Å². The van der Waals surface area contributed by atoms with Crippen molar-refractivity contribution in [3.8, 4) is 5.75 Å². The van der Waals surface area contributed by atoms with E-state index >= 15 is 0 Å². The number of carbonyl (C=O) groups excluding carboxylic acids is 3. The lowest BCUT2D eigenvalue weighted by molar-refractivity contribution is -0.124. The van der Waals surface area contributed by atoms with Crippen LogP contribution in [0.15, 0.2) is 24.3 Å². The van der Waals surface area contributed by atoms with Crippen LogP contribution in [0.1, 0.15) is 39.0 Å². The van der Waals surface area contributed by atoms with E-state index in [1.54, 1.807) is 17.0 Å². The second-order valence-corrected chi connectivity index (χ2v) is 7.37. The molecule has 2 saturated heterocycles. The highest BCUT2D eigenvalue weighted by Gasteiger charge is 2.43. The zero-order valence-corrected chi connectivity index (χ0v) is 16.5. The Hall–Kier alpha value is -2.41. The average molecular weight is 387 g/mol. The molecule has 3 rings (SSSR count). The van der Waals surface area contributed by atoms with Crippen LogP contribution < -0.4 is 9.64 Å². The lowest BCUT2D eigenvalue weighted by atomic mass is 10.2. The maximum Gasteiger partial charge on any atom is 0.251 e. The number of hydrogen-bond donors (Lipinski definition) is 0. The van der Waals surface area contributed by atoms with Crippen molar-refractivity contribution in [1.82, 2.24) is 9.80 Å². The van der Waals surface area contributed by atoms with Gasteiger partial charge in [0.05, 0.1) is 24.8 Å². The molecule has 0 bridgehead atoms. The molecule has 7 heteroatoms. The van der Waals surface area contributed by atoms with Gasteiger partial charge in [0.25, 0.3) is 5.91 Å². The summed E-state index contributed by atoms with van der Waals surface area (Å²) in [5.41, 5.74) is 0.586. The lowest BCUT2D eigenvalue weighted by Crippen LogP contribution is -2.52. The number of imide groups is 1. The molecule has 28 heavy (non-hydrogen) atoms. The first kappa shape index (κ1) is 20.3. The summed E-state index contributed by atoms with van der Waals surface area (Å²) in [5.74, 6) is 0.389. The number of hydrogen-bond acceptors (Lipinski definition) is 5. The molecule has 2 heterocycles. The van der Waals surface area contributed by atoms with E-state index < -0.39 is 6.04 Å². The second kappa shape index (κ2) is 9.68. The molecule has 2 fully saturated rings. The number of amides is 3. The van der Waals surface area contributed by atoms with Crippen LogP contribution >= 0.6 is 0 Å². The van der Waals surface area contributed by atoms with E-state index in [9.17, 15) is 14.4 Å². The molecule has 7 nitrogen and oxygen atoms in total. The van der Waals surface area contributed by atoms with Crippen LogP contribution in [0.3, 0.4) is 0 Å². The molecule has 1 aromatic carbocycles. The molecular formula is C21H29N3O4. The first-order valence-corrected chi connectivity index (χ1v) is 10.2. The fraction of sp³-hybridized carbons (Fsp3) is 0.571. The standard InChI is InChI=1S/C21H29N3O4/c1-2-3-4-5-14-28-18-8-6-17(7-9-18)24-20(26)15-19(21(24)27)23-12-10-22(16-25)11-13-23/h6-9,16,19H,2-5,10-15H2,1H3/t19-/m0/s1. The molecule has 3 amide bonds. The van der Waals surface area contributed by atoms with Crippen LogP contribution in [0.4, 0.5) is 5.69 Å². The number of anilines is 1. The summed E-state index contributed by atoms with van der Waals surface area (Å²) in [6.45, 7) is 5.26. The fourth-order valence-electron chi connectivity index (χ4n) is 3.74. The Morgan fingerprint density at radius 3 is 2.39 bits per heavy atom. The minimum absolute atomic E-state index is 0.180. The number of nitrogens with zero attached hydrogens (tertiary/aromatic N) is 3. The van der Waals surface area contributed by atoms with Crippen LogP contribution in [-0.4, -0.2) is 66.9 Å². The lowest BCUT2D eigenvalue weighted by Gasteiger charge is -2.35. The molecule has 0 aliphatic carbocycles. The fourth-order valence-corrected chi connectivity index (χ4v) is 3.74. The second-order valence-electron chi connectivity index (χ2n) is 7.37. The van der Waals surface area contributed by atoms with Crippen molar-refractivity contribution in [2.75, 3.05) is 37.7 Å². The van der Waals surface area contributed by atoms with Gasteiger partial charge in [-0.1, -0.05) is 26.2 Å². The van der Waals surface area contributed by atoms with Crippen molar-refractivity contribution in [1.29, 1.82) is 0 Å². The van der Waals surface area contributed by atoms with Gasteiger partial charge < -0.3 is 9.64 Å². The number of piperazine rings is 1. The zero-order chi connectivity index (χ0) is 19.9. The Balaban J connectivity index is 1.56. The number of carbonyl (C=O) groups is 3. The van der Waals surface area contributed by atoms with E-state index in [1.807, 2.05) is 17.0 Å². The van der Waals surface area contributed by atoms with Gasteiger partial charge in [0.1, 0.15) is 5.75 Å². The summed E-state index contributed by atoms with van der Waals surface area (Å²) < 4.78 is 5.73. The quantitative estimate of drug-likeness (QED) is 0.368. The summed E-state index contributed by atoms with van der Waals surface area (Å²) in [7, 11) is 0. The highest BCUT2D eigenvalue weighted by Crippen LogP contribution is 2.28. The molecule has 0 radical (unpaired) electrons. The molecule has 2 aliphatic heterocycles. The Bertz CT molecular complexity index is 683. The Morgan fingerprint density at radius 2 is 1.75 bits per heavy atom. The number of unbranched alkanes of at least 4 members (excludes halogenated alkanes) is 3. The van der Waals surface area contributed by atoms with Crippen molar-refractivity contribution >= 4 is 23.9 Å². The molecule has 0 unspecified atom stereocenters. The van der Waals surface area contributed by atoms with Gasteiger partial charge in [-0.15, -0.1) is 0 Å². The van der Waals surface area contributed by atoms with Gasteiger partial charge in [0, 0.05) is 26.2 Å². The summed E-state index contributed by atoms with van der Waals surface area (Å²) in [5, 5.41) is 0. The van der Waals surface area contributed by atoms with Gasteiger partial charge in [0.15, 0.2) is 0 Å². The first-order chi connectivity index (χ1) is 13.6. The molecule has 0 saturated carbocycles. The first-order valence-electron chi connectivity index (χ1n) is 10.2. The summed E-state index contributed by atoms with van der Waals surface area (Å²) in [4.78, 5) is 41.2. The molecule has 1 atom stereocenters. The predicted molar refractivity (Wildman–Crippen MR) is 106 cm³/mol. The third-order valence-corrected chi connectivity index (χ3v) is 5.42. The third-order valence-electron chi connectivity index (χ3n) is 5.42. The van der Waals surface area contributed by atoms with Crippen LogP contribution in [0.5, 0.6) is 5.75 Å². The number of ether oxygens (including phenoxy) is 1. The Kier molecular flexibility index (Phi) is 7.03. The van der Waals surface area contributed by atoms with Crippen molar-refractivity contribution in [2.24, 2.45) is 0 Å². The van der Waals surface area contributed by atoms with E-state index in [-0.39, 0.29) is 18.2 Å². The average Bonchev–Trinajstić information content (AvgIpc) is 3.02. The minimum Gasteiger partial charge on any atom is -0.494 e. The van der Waals surface area contributed by atoms with Crippen molar-refractivity contribution in [3.63, 3.8) is 0 Å². The minimum atomic E-state index is -0.434. The molecule has 1 aromatic rings.